The lowest BCUT2D eigenvalue weighted by atomic mass is 10.3. The van der Waals surface area contributed by atoms with Gasteiger partial charge in [-0.05, 0) is 32.9 Å². The van der Waals surface area contributed by atoms with Gasteiger partial charge < -0.3 is 25.2 Å². The van der Waals surface area contributed by atoms with E-state index in [1.807, 2.05) is 6.92 Å². The standard InChI is InChI=1S/C23H35F3N8O2/c1-4-32(5-2)11-12-34-15-19(17(3)31-34)29-22-28-14-18(23(24,25)26)21(30-22)27-8-6-9-33-10-7-13-36-16-20(33)35/h14-15H,4-13,16H2,1-3H3,(H2,27,28,29,30). The Bertz CT molecular complexity index is 994. The number of amides is 1. The van der Waals surface area contributed by atoms with Crippen molar-refractivity contribution in [2.75, 3.05) is 63.1 Å². The summed E-state index contributed by atoms with van der Waals surface area (Å²) < 4.78 is 47.7. The van der Waals surface area contributed by atoms with Gasteiger partial charge in [-0.1, -0.05) is 13.8 Å². The van der Waals surface area contributed by atoms with Gasteiger partial charge >= 0.3 is 6.18 Å². The summed E-state index contributed by atoms with van der Waals surface area (Å²) in [5.74, 6) is -0.376. The highest BCUT2D eigenvalue weighted by Crippen LogP contribution is 2.34. The van der Waals surface area contributed by atoms with Gasteiger partial charge in [0.1, 0.15) is 18.0 Å². The summed E-state index contributed by atoms with van der Waals surface area (Å²) in [4.78, 5) is 23.9. The molecule has 1 fully saturated rings. The minimum atomic E-state index is -4.61. The predicted molar refractivity (Wildman–Crippen MR) is 130 cm³/mol. The summed E-state index contributed by atoms with van der Waals surface area (Å²) in [6.45, 7) is 11.2. The van der Waals surface area contributed by atoms with Crippen LogP contribution < -0.4 is 10.6 Å². The monoisotopic (exact) mass is 512 g/mol. The van der Waals surface area contributed by atoms with Crippen molar-refractivity contribution in [2.45, 2.75) is 46.3 Å². The Morgan fingerprint density at radius 3 is 2.72 bits per heavy atom. The van der Waals surface area contributed by atoms with Crippen molar-refractivity contribution in [1.82, 2.24) is 29.5 Å². The van der Waals surface area contributed by atoms with Gasteiger partial charge in [-0.2, -0.15) is 23.3 Å². The minimum Gasteiger partial charge on any atom is -0.372 e. The summed E-state index contributed by atoms with van der Waals surface area (Å²) in [5, 5.41) is 10.2. The second kappa shape index (κ2) is 12.9. The highest BCUT2D eigenvalue weighted by molar-refractivity contribution is 5.77. The van der Waals surface area contributed by atoms with Crippen LogP contribution in [0.4, 0.5) is 30.6 Å². The maximum absolute atomic E-state index is 13.6. The van der Waals surface area contributed by atoms with Crippen LogP contribution in [0.15, 0.2) is 12.4 Å². The first-order valence-electron chi connectivity index (χ1n) is 12.3. The molecular formula is C23H35F3N8O2. The summed E-state index contributed by atoms with van der Waals surface area (Å²) in [5.41, 5.74) is 0.375. The van der Waals surface area contributed by atoms with E-state index in [9.17, 15) is 18.0 Å². The van der Waals surface area contributed by atoms with Crippen molar-refractivity contribution in [3.05, 3.63) is 23.7 Å². The second-order valence-electron chi connectivity index (χ2n) is 8.56. The Morgan fingerprint density at radius 1 is 1.22 bits per heavy atom. The van der Waals surface area contributed by atoms with Crippen molar-refractivity contribution >= 4 is 23.4 Å². The molecule has 0 bridgehead atoms. The molecule has 1 aliphatic rings. The molecule has 3 heterocycles. The number of hydrogen-bond donors (Lipinski definition) is 2. The molecule has 0 aromatic carbocycles. The minimum absolute atomic E-state index is 0.0386. The molecule has 0 spiro atoms. The number of hydrogen-bond acceptors (Lipinski definition) is 8. The molecule has 36 heavy (non-hydrogen) atoms. The van der Waals surface area contributed by atoms with Crippen LogP contribution in [0.25, 0.3) is 0 Å². The number of anilines is 3. The number of carbonyl (C=O) groups excluding carboxylic acids is 1. The van der Waals surface area contributed by atoms with E-state index < -0.39 is 11.7 Å². The number of rotatable bonds is 12. The molecule has 2 aromatic heterocycles. The molecule has 200 valence electrons. The average Bonchev–Trinajstić information content (AvgIpc) is 3.04. The fourth-order valence-electron chi connectivity index (χ4n) is 3.89. The van der Waals surface area contributed by atoms with Crippen LogP contribution in [-0.4, -0.2) is 87.9 Å². The fraction of sp³-hybridized carbons (Fsp3) is 0.652. The number of nitrogens with one attached hydrogen (secondary N) is 2. The normalized spacial score (nSPS) is 14.9. The highest BCUT2D eigenvalue weighted by atomic mass is 19.4. The number of alkyl halides is 3. The molecule has 0 saturated carbocycles. The van der Waals surface area contributed by atoms with Crippen molar-refractivity contribution in [3.8, 4) is 0 Å². The van der Waals surface area contributed by atoms with Gasteiger partial charge in [0.05, 0.1) is 17.9 Å². The third kappa shape index (κ3) is 7.79. The van der Waals surface area contributed by atoms with Gasteiger partial charge in [0.2, 0.25) is 11.9 Å². The maximum atomic E-state index is 13.6. The summed E-state index contributed by atoms with van der Waals surface area (Å²) in [7, 11) is 0. The van der Waals surface area contributed by atoms with E-state index in [1.54, 1.807) is 15.8 Å². The number of ether oxygens (including phenoxy) is 1. The fourth-order valence-corrected chi connectivity index (χ4v) is 3.89. The number of likely N-dealkylation sites (N-methyl/N-ethyl adjacent to an activating group) is 1. The van der Waals surface area contributed by atoms with Crippen LogP contribution >= 0.6 is 0 Å². The Morgan fingerprint density at radius 2 is 2.00 bits per heavy atom. The molecule has 0 unspecified atom stereocenters. The van der Waals surface area contributed by atoms with Crippen LogP contribution in [0.2, 0.25) is 0 Å². The highest BCUT2D eigenvalue weighted by Gasteiger charge is 2.35. The maximum Gasteiger partial charge on any atom is 0.421 e. The molecule has 2 N–H and O–H groups in total. The lowest BCUT2D eigenvalue weighted by molar-refractivity contribution is -0.137. The van der Waals surface area contributed by atoms with Crippen molar-refractivity contribution in [3.63, 3.8) is 0 Å². The Labute approximate surface area is 209 Å². The van der Waals surface area contributed by atoms with E-state index in [0.29, 0.717) is 44.0 Å². The van der Waals surface area contributed by atoms with Crippen molar-refractivity contribution < 1.29 is 22.7 Å². The second-order valence-corrected chi connectivity index (χ2v) is 8.56. The molecule has 3 rings (SSSR count). The molecule has 0 atom stereocenters. The first-order valence-corrected chi connectivity index (χ1v) is 12.3. The SMILES string of the molecule is CCN(CC)CCn1cc(Nc2ncc(C(F)(F)F)c(NCCCN3CCCOCC3=O)n2)c(C)n1. The van der Waals surface area contributed by atoms with Crippen LogP contribution in [0.3, 0.4) is 0 Å². The molecule has 2 aromatic rings. The summed E-state index contributed by atoms with van der Waals surface area (Å²) in [6.07, 6.45) is -0.829. The number of carbonyl (C=O) groups is 1. The number of aromatic nitrogens is 4. The smallest absolute Gasteiger partial charge is 0.372 e. The molecule has 1 aliphatic heterocycles. The summed E-state index contributed by atoms with van der Waals surface area (Å²) >= 11 is 0. The van der Waals surface area contributed by atoms with Gasteiger partial charge in [0.15, 0.2) is 0 Å². The third-order valence-corrected chi connectivity index (χ3v) is 6.02. The van der Waals surface area contributed by atoms with E-state index in [1.165, 1.54) is 0 Å². The molecule has 0 radical (unpaired) electrons. The van der Waals surface area contributed by atoms with Crippen LogP contribution in [0, 0.1) is 6.92 Å². The molecule has 1 saturated heterocycles. The first-order chi connectivity index (χ1) is 17.2. The van der Waals surface area contributed by atoms with Gasteiger partial charge in [-0.15, -0.1) is 0 Å². The quantitative estimate of drug-likeness (QED) is 0.419. The first kappa shape index (κ1) is 27.7. The van der Waals surface area contributed by atoms with E-state index in [4.69, 9.17) is 4.74 Å². The zero-order chi connectivity index (χ0) is 26.1. The third-order valence-electron chi connectivity index (χ3n) is 6.02. The summed E-state index contributed by atoms with van der Waals surface area (Å²) in [6, 6.07) is 0. The van der Waals surface area contributed by atoms with Gasteiger partial charge in [0, 0.05) is 45.2 Å². The lowest BCUT2D eigenvalue weighted by Gasteiger charge is -2.20. The Balaban J connectivity index is 1.65. The molecule has 13 heteroatoms. The zero-order valence-corrected chi connectivity index (χ0v) is 21.1. The number of nitrogens with zero attached hydrogens (tertiary/aromatic N) is 6. The van der Waals surface area contributed by atoms with Crippen molar-refractivity contribution in [1.29, 1.82) is 0 Å². The number of aryl methyl sites for hydroxylation is 1. The average molecular weight is 513 g/mol. The molecule has 0 aliphatic carbocycles. The lowest BCUT2D eigenvalue weighted by Crippen LogP contribution is -2.34. The van der Waals surface area contributed by atoms with Crippen LogP contribution in [0.1, 0.15) is 37.9 Å². The Kier molecular flexibility index (Phi) is 9.88. The van der Waals surface area contributed by atoms with Crippen LogP contribution in [0.5, 0.6) is 0 Å². The zero-order valence-electron chi connectivity index (χ0n) is 21.1. The van der Waals surface area contributed by atoms with Gasteiger partial charge in [-0.25, -0.2) is 4.98 Å². The number of halogens is 3. The van der Waals surface area contributed by atoms with E-state index in [2.05, 4.69) is 44.4 Å². The van der Waals surface area contributed by atoms with E-state index >= 15 is 0 Å². The Hall–Kier alpha value is -2.93. The predicted octanol–water partition coefficient (Wildman–Crippen LogP) is 3.14. The van der Waals surface area contributed by atoms with E-state index in [0.717, 1.165) is 32.3 Å². The molecule has 1 amide bonds. The molecular weight excluding hydrogens is 477 g/mol. The topological polar surface area (TPSA) is 100 Å². The van der Waals surface area contributed by atoms with Gasteiger partial charge in [-0.3, -0.25) is 9.48 Å². The van der Waals surface area contributed by atoms with Gasteiger partial charge in [0.25, 0.3) is 0 Å². The van der Waals surface area contributed by atoms with Crippen molar-refractivity contribution in [2.24, 2.45) is 0 Å². The molecule has 10 nitrogen and oxygen atoms in total. The van der Waals surface area contributed by atoms with E-state index in [-0.39, 0.29) is 30.8 Å². The van der Waals surface area contributed by atoms with Crippen LogP contribution in [-0.2, 0) is 22.3 Å². The largest absolute Gasteiger partial charge is 0.421 e.